The van der Waals surface area contributed by atoms with E-state index in [-0.39, 0.29) is 5.54 Å². The quantitative estimate of drug-likeness (QED) is 0.932. The van der Waals surface area contributed by atoms with Crippen molar-refractivity contribution in [1.29, 1.82) is 0 Å². The van der Waals surface area contributed by atoms with Gasteiger partial charge in [-0.05, 0) is 35.2 Å². The topological polar surface area (TPSA) is 43.8 Å². The minimum Gasteiger partial charge on any atom is -0.325 e. The van der Waals surface area contributed by atoms with Crippen LogP contribution in [-0.4, -0.2) is 15.3 Å². The minimum absolute atomic E-state index is 0.0143. The van der Waals surface area contributed by atoms with E-state index in [1.165, 1.54) is 25.0 Å². The number of aromatic nitrogens is 2. The van der Waals surface area contributed by atoms with Crippen LogP contribution in [0, 0.1) is 0 Å². The molecule has 1 aromatic heterocycles. The van der Waals surface area contributed by atoms with Gasteiger partial charge in [0, 0.05) is 19.0 Å². The van der Waals surface area contributed by atoms with Crippen LogP contribution in [0.25, 0.3) is 0 Å². The first-order valence-corrected chi connectivity index (χ1v) is 7.34. The van der Waals surface area contributed by atoms with E-state index < -0.39 is 0 Å². The van der Waals surface area contributed by atoms with Crippen molar-refractivity contribution in [3.63, 3.8) is 0 Å². The van der Waals surface area contributed by atoms with E-state index in [1.54, 1.807) is 0 Å². The highest BCUT2D eigenvalue weighted by atomic mass is 79.9. The Labute approximate surface area is 112 Å². The van der Waals surface area contributed by atoms with Crippen LogP contribution < -0.4 is 5.73 Å². The molecule has 0 amide bonds. The van der Waals surface area contributed by atoms with Gasteiger partial charge in [0.15, 0.2) is 0 Å². The minimum atomic E-state index is -0.0143. The van der Waals surface area contributed by atoms with Crippen molar-refractivity contribution in [3.05, 3.63) is 15.9 Å². The molecule has 0 spiro atoms. The number of aryl methyl sites for hydroxylation is 2. The molecular weight excluding hydrogens is 278 g/mol. The number of hydrogen-bond acceptors (Lipinski definition) is 2. The van der Waals surface area contributed by atoms with Crippen LogP contribution >= 0.6 is 15.9 Å². The first kappa shape index (κ1) is 13.1. The Morgan fingerprint density at radius 1 is 1.35 bits per heavy atom. The lowest BCUT2D eigenvalue weighted by atomic mass is 9.79. The Hall–Kier alpha value is -0.350. The van der Waals surface area contributed by atoms with Crippen molar-refractivity contribution in [2.24, 2.45) is 12.8 Å². The van der Waals surface area contributed by atoms with Crippen LogP contribution in [0.1, 0.15) is 50.4 Å². The highest BCUT2D eigenvalue weighted by Gasteiger charge is 2.30. The maximum Gasteiger partial charge on any atom is 0.0766 e. The highest BCUT2D eigenvalue weighted by molar-refractivity contribution is 9.10. The largest absolute Gasteiger partial charge is 0.325 e. The van der Waals surface area contributed by atoms with Crippen LogP contribution in [0.15, 0.2) is 4.47 Å². The molecule has 0 radical (unpaired) electrons. The smallest absolute Gasteiger partial charge is 0.0766 e. The second-order valence-corrected chi connectivity index (χ2v) is 6.08. The molecule has 4 heteroatoms. The number of nitrogens with zero attached hydrogens (tertiary/aromatic N) is 2. The monoisotopic (exact) mass is 299 g/mol. The summed E-state index contributed by atoms with van der Waals surface area (Å²) in [5, 5.41) is 4.54. The molecule has 0 saturated heterocycles. The predicted octanol–water partition coefficient (Wildman–Crippen LogP) is 2.95. The fraction of sp³-hybridized carbons (Fsp3) is 0.769. The number of nitrogens with two attached hydrogens (primary N) is 1. The summed E-state index contributed by atoms with van der Waals surface area (Å²) in [7, 11) is 2.02. The van der Waals surface area contributed by atoms with Gasteiger partial charge in [0.2, 0.25) is 0 Å². The zero-order chi connectivity index (χ0) is 12.5. The second-order valence-electron chi connectivity index (χ2n) is 5.28. The Bertz CT molecular complexity index is 392. The van der Waals surface area contributed by atoms with E-state index in [0.29, 0.717) is 0 Å². The first-order valence-electron chi connectivity index (χ1n) is 6.55. The summed E-state index contributed by atoms with van der Waals surface area (Å²) in [6.07, 6.45) is 8.08. The van der Waals surface area contributed by atoms with Gasteiger partial charge in [-0.15, -0.1) is 0 Å². The molecule has 1 fully saturated rings. The van der Waals surface area contributed by atoms with Gasteiger partial charge in [-0.3, -0.25) is 4.68 Å². The van der Waals surface area contributed by atoms with Crippen molar-refractivity contribution in [2.75, 3.05) is 0 Å². The van der Waals surface area contributed by atoms with Crippen LogP contribution in [0.2, 0.25) is 0 Å². The normalized spacial score (nSPS) is 19.5. The lowest BCUT2D eigenvalue weighted by Crippen LogP contribution is -2.44. The number of hydrogen-bond donors (Lipinski definition) is 1. The molecule has 3 nitrogen and oxygen atoms in total. The molecule has 17 heavy (non-hydrogen) atoms. The third-order valence-electron chi connectivity index (χ3n) is 3.87. The molecule has 1 heterocycles. The highest BCUT2D eigenvalue weighted by Crippen LogP contribution is 2.32. The molecule has 0 bridgehead atoms. The first-order chi connectivity index (χ1) is 8.06. The van der Waals surface area contributed by atoms with E-state index >= 15 is 0 Å². The second kappa shape index (κ2) is 5.11. The van der Waals surface area contributed by atoms with Gasteiger partial charge in [-0.2, -0.15) is 5.10 Å². The summed E-state index contributed by atoms with van der Waals surface area (Å²) in [5.41, 5.74) is 8.90. The van der Waals surface area contributed by atoms with E-state index in [4.69, 9.17) is 5.73 Å². The molecule has 0 unspecified atom stereocenters. The van der Waals surface area contributed by atoms with Gasteiger partial charge < -0.3 is 5.73 Å². The van der Waals surface area contributed by atoms with E-state index in [1.807, 2.05) is 11.7 Å². The molecule has 1 saturated carbocycles. The summed E-state index contributed by atoms with van der Waals surface area (Å²) in [5.74, 6) is 0. The van der Waals surface area contributed by atoms with Crippen LogP contribution in [0.4, 0.5) is 0 Å². The van der Waals surface area contributed by atoms with Crippen molar-refractivity contribution >= 4 is 15.9 Å². The molecule has 2 N–H and O–H groups in total. The third-order valence-corrected chi connectivity index (χ3v) is 4.79. The molecule has 1 aromatic rings. The van der Waals surface area contributed by atoms with Crippen LogP contribution in [-0.2, 0) is 19.9 Å². The van der Waals surface area contributed by atoms with Gasteiger partial charge in [-0.25, -0.2) is 0 Å². The fourth-order valence-electron chi connectivity index (χ4n) is 2.78. The van der Waals surface area contributed by atoms with Crippen LogP contribution in [0.5, 0.6) is 0 Å². The van der Waals surface area contributed by atoms with Gasteiger partial charge in [0.1, 0.15) is 0 Å². The maximum absolute atomic E-state index is 6.52. The summed E-state index contributed by atoms with van der Waals surface area (Å²) in [6, 6.07) is 0. The standard InChI is InChI=1S/C13H22BrN3/c1-3-10-12(14)11(17(2)16-10)9-13(15)7-5-4-6-8-13/h3-9,15H2,1-2H3. The lowest BCUT2D eigenvalue weighted by Gasteiger charge is -2.33. The Morgan fingerprint density at radius 2 is 2.00 bits per heavy atom. The van der Waals surface area contributed by atoms with Gasteiger partial charge in [0.25, 0.3) is 0 Å². The van der Waals surface area contributed by atoms with Crippen molar-refractivity contribution < 1.29 is 0 Å². The zero-order valence-corrected chi connectivity index (χ0v) is 12.4. The third kappa shape index (κ3) is 2.74. The molecular formula is C13H22BrN3. The lowest BCUT2D eigenvalue weighted by molar-refractivity contribution is 0.289. The van der Waals surface area contributed by atoms with Crippen molar-refractivity contribution in [1.82, 2.24) is 9.78 Å². The molecule has 96 valence electrons. The van der Waals surface area contributed by atoms with Crippen LogP contribution in [0.3, 0.4) is 0 Å². The summed E-state index contributed by atoms with van der Waals surface area (Å²) in [6.45, 7) is 2.13. The Balaban J connectivity index is 2.20. The molecule has 0 atom stereocenters. The summed E-state index contributed by atoms with van der Waals surface area (Å²) < 4.78 is 3.16. The van der Waals surface area contributed by atoms with Crippen molar-refractivity contribution in [2.45, 2.75) is 57.4 Å². The van der Waals surface area contributed by atoms with E-state index in [0.717, 1.165) is 35.8 Å². The van der Waals surface area contributed by atoms with Gasteiger partial charge in [0.05, 0.1) is 15.9 Å². The number of rotatable bonds is 3. The fourth-order valence-corrected chi connectivity index (χ4v) is 3.53. The van der Waals surface area contributed by atoms with Gasteiger partial charge in [-0.1, -0.05) is 26.2 Å². The SMILES string of the molecule is CCc1nn(C)c(CC2(N)CCCCC2)c1Br. The summed E-state index contributed by atoms with van der Waals surface area (Å²) >= 11 is 3.67. The van der Waals surface area contributed by atoms with E-state index in [9.17, 15) is 0 Å². The predicted molar refractivity (Wildman–Crippen MR) is 74.0 cm³/mol. The molecule has 0 aromatic carbocycles. The zero-order valence-electron chi connectivity index (χ0n) is 10.8. The molecule has 2 rings (SSSR count). The molecule has 0 aliphatic heterocycles. The van der Waals surface area contributed by atoms with Crippen molar-refractivity contribution in [3.8, 4) is 0 Å². The van der Waals surface area contributed by atoms with Gasteiger partial charge >= 0.3 is 0 Å². The number of halogens is 1. The average molecular weight is 300 g/mol. The molecule has 1 aliphatic carbocycles. The maximum atomic E-state index is 6.52. The molecule has 1 aliphatic rings. The summed E-state index contributed by atoms with van der Waals surface area (Å²) in [4.78, 5) is 0. The Kier molecular flexibility index (Phi) is 3.93. The Morgan fingerprint density at radius 3 is 2.53 bits per heavy atom. The van der Waals surface area contributed by atoms with E-state index in [2.05, 4.69) is 28.0 Å². The average Bonchev–Trinajstić information content (AvgIpc) is 2.57.